The van der Waals surface area contributed by atoms with Gasteiger partial charge < -0.3 is 89.9 Å². The number of amides is 1. The SMILES string of the molecule is CCCCCCCCCCCCCCCCC/C=C/C(O)C(COC1OC(CO)C(OC2OC(CO)C(OC3OC(CO)C(O)C(O)C3O)C(O)C2O)C(O)C1O)NC(=O)CCCCCCCCCCCCCCCCCCC. The Labute approximate surface area is 474 Å². The largest absolute Gasteiger partial charge is 0.394 e. The van der Waals surface area contributed by atoms with Crippen LogP contribution < -0.4 is 5.32 Å². The minimum Gasteiger partial charge on any atom is -0.394 e. The van der Waals surface area contributed by atoms with Gasteiger partial charge in [0.2, 0.25) is 5.91 Å². The Kier molecular flexibility index (Phi) is 40.1. The van der Waals surface area contributed by atoms with Crippen LogP contribution >= 0.6 is 0 Å². The second kappa shape index (κ2) is 44.1. The molecule has 3 aliphatic heterocycles. The maximum absolute atomic E-state index is 13.3. The normalized spacial score (nSPS) is 30.3. The molecule has 3 heterocycles. The highest BCUT2D eigenvalue weighted by Crippen LogP contribution is 2.33. The number of hydrogen-bond acceptors (Lipinski definition) is 18. The first kappa shape index (κ1) is 71.8. The van der Waals surface area contributed by atoms with Crippen LogP contribution in [0.1, 0.15) is 232 Å². The summed E-state index contributed by atoms with van der Waals surface area (Å²) in [5.74, 6) is -0.272. The van der Waals surface area contributed by atoms with Crippen molar-refractivity contribution in [3.05, 3.63) is 12.2 Å². The summed E-state index contributed by atoms with van der Waals surface area (Å²) < 4.78 is 34.3. The molecule has 3 fully saturated rings. The Bertz CT molecular complexity index is 1500. The average Bonchev–Trinajstić information content (AvgIpc) is 3.55. The summed E-state index contributed by atoms with van der Waals surface area (Å²) in [6.07, 6.45) is 17.5. The van der Waals surface area contributed by atoms with Crippen LogP contribution in [0.15, 0.2) is 12.2 Å². The van der Waals surface area contributed by atoms with Gasteiger partial charge in [-0.2, -0.15) is 0 Å². The molecule has 0 aromatic carbocycles. The maximum Gasteiger partial charge on any atom is 0.220 e. The van der Waals surface area contributed by atoms with E-state index in [1.165, 1.54) is 161 Å². The molecule has 3 aliphatic rings. The van der Waals surface area contributed by atoms with Gasteiger partial charge in [-0.3, -0.25) is 4.79 Å². The molecule has 0 radical (unpaired) electrons. The third-order valence-electron chi connectivity index (χ3n) is 16.1. The summed E-state index contributed by atoms with van der Waals surface area (Å²) in [5.41, 5.74) is 0. The van der Waals surface area contributed by atoms with Crippen molar-refractivity contribution in [2.24, 2.45) is 0 Å². The monoisotopic (exact) mass is 1140 g/mol. The molecule has 79 heavy (non-hydrogen) atoms. The van der Waals surface area contributed by atoms with E-state index in [-0.39, 0.29) is 18.9 Å². The quantitative estimate of drug-likeness (QED) is 0.0240. The molecule has 0 aromatic rings. The van der Waals surface area contributed by atoms with Crippen LogP contribution in [-0.2, 0) is 33.2 Å². The van der Waals surface area contributed by atoms with Crippen LogP contribution in [0.2, 0.25) is 0 Å². The van der Waals surface area contributed by atoms with Gasteiger partial charge in [-0.05, 0) is 19.3 Å². The predicted molar refractivity (Wildman–Crippen MR) is 300 cm³/mol. The molecule has 19 heteroatoms. The van der Waals surface area contributed by atoms with Gasteiger partial charge in [0.25, 0.3) is 0 Å². The number of ether oxygens (including phenoxy) is 6. The lowest BCUT2D eigenvalue weighted by molar-refractivity contribution is -0.379. The molecule has 1 amide bonds. The Morgan fingerprint density at radius 2 is 0.785 bits per heavy atom. The molecule has 19 nitrogen and oxygen atoms in total. The molecule has 0 aromatic heterocycles. The van der Waals surface area contributed by atoms with E-state index in [4.69, 9.17) is 28.4 Å². The van der Waals surface area contributed by atoms with E-state index in [1.54, 1.807) is 6.08 Å². The van der Waals surface area contributed by atoms with Crippen molar-refractivity contribution in [2.45, 2.75) is 336 Å². The van der Waals surface area contributed by atoms with Crippen LogP contribution in [0.3, 0.4) is 0 Å². The van der Waals surface area contributed by atoms with E-state index >= 15 is 0 Å². The van der Waals surface area contributed by atoms with Gasteiger partial charge >= 0.3 is 0 Å². The van der Waals surface area contributed by atoms with Crippen molar-refractivity contribution in [3.8, 4) is 0 Å². The fraction of sp³-hybridized carbons (Fsp3) is 0.950. The Morgan fingerprint density at radius 3 is 1.19 bits per heavy atom. The lowest BCUT2D eigenvalue weighted by Crippen LogP contribution is -2.66. The molecule has 17 unspecified atom stereocenters. The number of unbranched alkanes of at least 4 members (excludes halogenated alkanes) is 31. The molecule has 3 saturated heterocycles. The summed E-state index contributed by atoms with van der Waals surface area (Å²) in [6.45, 7) is 1.75. The predicted octanol–water partition coefficient (Wildman–Crippen LogP) is 6.16. The molecule has 17 atom stereocenters. The Morgan fingerprint density at radius 1 is 0.443 bits per heavy atom. The van der Waals surface area contributed by atoms with Crippen molar-refractivity contribution in [1.82, 2.24) is 5.32 Å². The highest BCUT2D eigenvalue weighted by Gasteiger charge is 2.53. The highest BCUT2D eigenvalue weighted by atomic mass is 16.8. The molecule has 0 saturated carbocycles. The average molecular weight is 1140 g/mol. The number of carbonyl (C=O) groups is 1. The van der Waals surface area contributed by atoms with Gasteiger partial charge in [0.1, 0.15) is 73.2 Å². The molecule has 3 rings (SSSR count). The highest BCUT2D eigenvalue weighted by molar-refractivity contribution is 5.76. The molecule has 466 valence electrons. The smallest absolute Gasteiger partial charge is 0.220 e. The topological polar surface area (TPSA) is 307 Å². The summed E-state index contributed by atoms with van der Waals surface area (Å²) >= 11 is 0. The molecule has 0 bridgehead atoms. The first-order valence-corrected chi connectivity index (χ1v) is 31.4. The lowest BCUT2D eigenvalue weighted by atomic mass is 9.96. The standard InChI is InChI=1S/C60H113NO18/c1-3-5-7-9-11-13-15-17-19-21-23-25-27-29-31-33-35-37-44(65)43(61-48(66)38-36-34-32-30-28-26-24-22-20-18-16-14-12-10-8-6-4-2)42-74-58-54(72)51(69)56(46(40-63)76-58)79-60-55(73)52(70)57(47(41-64)77-60)78-59-53(71)50(68)49(67)45(39-62)75-59/h35,37,43-47,49-60,62-65,67-73H,3-34,36,38-42H2,1-2H3,(H,61,66)/b37-35+. The molecular formula is C60H113NO18. The Balaban J connectivity index is 1.49. The first-order chi connectivity index (χ1) is 38.3. The molecule has 12 N–H and O–H groups in total. The lowest BCUT2D eigenvalue weighted by Gasteiger charge is -2.48. The van der Waals surface area contributed by atoms with E-state index in [2.05, 4.69) is 19.2 Å². The van der Waals surface area contributed by atoms with E-state index in [9.17, 15) is 61.0 Å². The number of hydrogen-bond donors (Lipinski definition) is 12. The van der Waals surface area contributed by atoms with Crippen molar-refractivity contribution in [2.75, 3.05) is 26.4 Å². The zero-order valence-corrected chi connectivity index (χ0v) is 48.6. The minimum absolute atomic E-state index is 0.249. The minimum atomic E-state index is -1.97. The molecular weight excluding hydrogens is 1020 g/mol. The first-order valence-electron chi connectivity index (χ1n) is 31.4. The van der Waals surface area contributed by atoms with Gasteiger partial charge in [-0.25, -0.2) is 0 Å². The van der Waals surface area contributed by atoms with Crippen LogP contribution in [0.25, 0.3) is 0 Å². The number of rotatable bonds is 47. The second-order valence-electron chi connectivity index (χ2n) is 22.9. The number of nitrogens with one attached hydrogen (secondary N) is 1. The third kappa shape index (κ3) is 27.9. The van der Waals surface area contributed by atoms with E-state index in [0.717, 1.165) is 44.9 Å². The van der Waals surface area contributed by atoms with Gasteiger partial charge in [0, 0.05) is 6.42 Å². The summed E-state index contributed by atoms with van der Waals surface area (Å²) in [7, 11) is 0. The van der Waals surface area contributed by atoms with Crippen molar-refractivity contribution in [1.29, 1.82) is 0 Å². The van der Waals surface area contributed by atoms with E-state index in [0.29, 0.717) is 6.42 Å². The zero-order chi connectivity index (χ0) is 57.6. The van der Waals surface area contributed by atoms with Crippen LogP contribution in [-0.4, -0.2) is 193 Å². The van der Waals surface area contributed by atoms with E-state index in [1.807, 2.05) is 6.08 Å². The van der Waals surface area contributed by atoms with E-state index < -0.39 is 124 Å². The summed E-state index contributed by atoms with van der Waals surface area (Å²) in [4.78, 5) is 13.3. The van der Waals surface area contributed by atoms with Gasteiger partial charge in [-0.15, -0.1) is 0 Å². The van der Waals surface area contributed by atoms with Crippen molar-refractivity contribution in [3.63, 3.8) is 0 Å². The summed E-state index contributed by atoms with van der Waals surface area (Å²) in [6, 6.07) is -0.967. The number of aliphatic hydroxyl groups excluding tert-OH is 11. The zero-order valence-electron chi connectivity index (χ0n) is 48.6. The van der Waals surface area contributed by atoms with Gasteiger partial charge in [-0.1, -0.05) is 219 Å². The van der Waals surface area contributed by atoms with Gasteiger partial charge in [0.05, 0.1) is 38.6 Å². The van der Waals surface area contributed by atoms with Crippen LogP contribution in [0, 0.1) is 0 Å². The Hall–Kier alpha value is -1.47. The number of carbonyl (C=O) groups excluding carboxylic acids is 1. The number of allylic oxidation sites excluding steroid dienone is 1. The summed E-state index contributed by atoms with van der Waals surface area (Å²) in [5, 5.41) is 120. The second-order valence-corrected chi connectivity index (χ2v) is 22.9. The fourth-order valence-corrected chi connectivity index (χ4v) is 10.9. The number of aliphatic hydroxyl groups is 11. The van der Waals surface area contributed by atoms with Crippen LogP contribution in [0.5, 0.6) is 0 Å². The maximum atomic E-state index is 13.3. The van der Waals surface area contributed by atoms with Crippen molar-refractivity contribution >= 4 is 5.91 Å². The van der Waals surface area contributed by atoms with Gasteiger partial charge in [0.15, 0.2) is 18.9 Å². The molecule has 0 spiro atoms. The van der Waals surface area contributed by atoms with Crippen molar-refractivity contribution < 1.29 is 89.4 Å². The molecule has 0 aliphatic carbocycles. The fourth-order valence-electron chi connectivity index (χ4n) is 10.9. The third-order valence-corrected chi connectivity index (χ3v) is 16.1. The van der Waals surface area contributed by atoms with Crippen LogP contribution in [0.4, 0.5) is 0 Å².